The molecule has 13 heteroatoms. The lowest BCUT2D eigenvalue weighted by Gasteiger charge is -2.33. The molecule has 4 aromatic rings. The molecule has 0 bridgehead atoms. The van der Waals surface area contributed by atoms with Crippen LogP contribution in [0.3, 0.4) is 0 Å². The number of benzene rings is 2. The van der Waals surface area contributed by atoms with E-state index in [0.717, 1.165) is 22.4 Å². The summed E-state index contributed by atoms with van der Waals surface area (Å²) in [5.41, 5.74) is 2.56. The molecule has 0 aliphatic carbocycles. The Labute approximate surface area is 269 Å². The number of fused-ring (bicyclic) bond motifs is 1. The molecule has 0 saturated carbocycles. The van der Waals surface area contributed by atoms with Crippen molar-refractivity contribution in [1.82, 2.24) is 25.2 Å². The summed E-state index contributed by atoms with van der Waals surface area (Å²) < 4.78 is 27.5. The number of thiophene rings is 1. The Morgan fingerprint density at radius 2 is 1.98 bits per heavy atom. The number of rotatable bonds is 5. The minimum absolute atomic E-state index is 0.0828. The highest BCUT2D eigenvalue weighted by atomic mass is 32.1. The van der Waals surface area contributed by atoms with Crippen LogP contribution in [0.1, 0.15) is 55.7 Å². The van der Waals surface area contributed by atoms with Gasteiger partial charge in [-0.15, -0.1) is 16.4 Å². The first-order chi connectivity index (χ1) is 22.0. The van der Waals surface area contributed by atoms with E-state index in [9.17, 15) is 19.1 Å². The standard InChI is InChI=1S/C33H35FN6O5S/c1-33(2,3)45-32(43)36-21-6-5-12-39(17-21)31(42)29-16-22(19-7-9-24(35-4)23(34)14-19)30(46-29)20-8-10-26-25(15-20)37-38-40(26)27-18-44-13-11-28(27)41/h7-10,14-16,21,27-28,41H,5-6,11-13,17-18H2,1-3H3,(H,36,43)/t21-,27+,28+/m1/s1. The van der Waals surface area contributed by atoms with Crippen molar-refractivity contribution in [2.45, 2.75) is 63.8 Å². The van der Waals surface area contributed by atoms with E-state index in [1.165, 1.54) is 23.5 Å². The van der Waals surface area contributed by atoms with Crippen LogP contribution in [-0.4, -0.2) is 81.1 Å². The lowest BCUT2D eigenvalue weighted by Crippen LogP contribution is -2.50. The number of hydrogen-bond acceptors (Lipinski definition) is 8. The Bertz CT molecular complexity index is 1830. The maximum atomic E-state index is 14.8. The van der Waals surface area contributed by atoms with Crippen molar-refractivity contribution in [2.75, 3.05) is 26.3 Å². The molecule has 2 aliphatic rings. The van der Waals surface area contributed by atoms with Gasteiger partial charge in [-0.3, -0.25) is 4.79 Å². The minimum Gasteiger partial charge on any atom is -0.444 e. The maximum absolute atomic E-state index is 14.8. The topological polar surface area (TPSA) is 123 Å². The van der Waals surface area contributed by atoms with Gasteiger partial charge in [0.25, 0.3) is 5.91 Å². The van der Waals surface area contributed by atoms with Gasteiger partial charge >= 0.3 is 6.09 Å². The van der Waals surface area contributed by atoms with Crippen LogP contribution in [0.5, 0.6) is 0 Å². The molecule has 6 rings (SSSR count). The number of aromatic nitrogens is 3. The summed E-state index contributed by atoms with van der Waals surface area (Å²) in [5, 5.41) is 22.1. The molecule has 0 radical (unpaired) electrons. The maximum Gasteiger partial charge on any atom is 0.407 e. The molecule has 0 spiro atoms. The van der Waals surface area contributed by atoms with Crippen molar-refractivity contribution in [3.63, 3.8) is 0 Å². The number of aliphatic hydroxyl groups excluding tert-OH is 1. The van der Waals surface area contributed by atoms with E-state index >= 15 is 0 Å². The Morgan fingerprint density at radius 1 is 1.17 bits per heavy atom. The number of aliphatic hydroxyl groups is 1. The second kappa shape index (κ2) is 12.8. The highest BCUT2D eigenvalue weighted by molar-refractivity contribution is 7.18. The molecule has 2 N–H and O–H groups in total. The average molecular weight is 647 g/mol. The molecule has 46 heavy (non-hydrogen) atoms. The number of alkyl carbamates (subject to hydrolysis) is 1. The number of amides is 2. The fraction of sp³-hybridized carbons (Fsp3) is 0.424. The number of halogens is 1. The van der Waals surface area contributed by atoms with Crippen molar-refractivity contribution in [3.05, 3.63) is 64.6 Å². The molecule has 2 amide bonds. The lowest BCUT2D eigenvalue weighted by atomic mass is 10.0. The average Bonchev–Trinajstić information content (AvgIpc) is 3.65. The summed E-state index contributed by atoms with van der Waals surface area (Å²) in [5.74, 6) is -0.832. The molecule has 240 valence electrons. The zero-order valence-electron chi connectivity index (χ0n) is 25.8. The van der Waals surface area contributed by atoms with E-state index in [1.54, 1.807) is 42.5 Å². The van der Waals surface area contributed by atoms with Crippen LogP contribution in [0.2, 0.25) is 0 Å². The summed E-state index contributed by atoms with van der Waals surface area (Å²) in [6.45, 7) is 14.3. The van der Waals surface area contributed by atoms with E-state index in [0.29, 0.717) is 60.7 Å². The monoisotopic (exact) mass is 646 g/mol. The van der Waals surface area contributed by atoms with Gasteiger partial charge in [0.1, 0.15) is 23.0 Å². The molecule has 4 heterocycles. The van der Waals surface area contributed by atoms with E-state index in [2.05, 4.69) is 20.5 Å². The Kier molecular flexibility index (Phi) is 8.78. The van der Waals surface area contributed by atoms with E-state index < -0.39 is 23.6 Å². The van der Waals surface area contributed by atoms with Gasteiger partial charge in [0, 0.05) is 36.2 Å². The van der Waals surface area contributed by atoms with Crippen LogP contribution in [0.15, 0.2) is 42.5 Å². The van der Waals surface area contributed by atoms with Crippen LogP contribution in [0.25, 0.3) is 37.4 Å². The van der Waals surface area contributed by atoms with Crippen LogP contribution in [0.4, 0.5) is 14.9 Å². The highest BCUT2D eigenvalue weighted by Crippen LogP contribution is 2.42. The quantitative estimate of drug-likeness (QED) is 0.256. The largest absolute Gasteiger partial charge is 0.444 e. The number of nitrogens with zero attached hydrogens (tertiary/aromatic N) is 5. The molecule has 11 nitrogen and oxygen atoms in total. The van der Waals surface area contributed by atoms with Gasteiger partial charge in [0.2, 0.25) is 5.69 Å². The molecular weight excluding hydrogens is 611 g/mol. The summed E-state index contributed by atoms with van der Waals surface area (Å²) in [6.07, 6.45) is 0.833. The summed E-state index contributed by atoms with van der Waals surface area (Å²) in [4.78, 5) is 32.4. The van der Waals surface area contributed by atoms with Crippen molar-refractivity contribution in [1.29, 1.82) is 0 Å². The fourth-order valence-corrected chi connectivity index (χ4v) is 7.02. The van der Waals surface area contributed by atoms with Crippen molar-refractivity contribution in [3.8, 4) is 21.6 Å². The summed E-state index contributed by atoms with van der Waals surface area (Å²) >= 11 is 1.29. The molecule has 2 aromatic heterocycles. The summed E-state index contributed by atoms with van der Waals surface area (Å²) in [6, 6.07) is 11.2. The third-order valence-corrected chi connectivity index (χ3v) is 9.26. The van der Waals surface area contributed by atoms with Gasteiger partial charge in [0.15, 0.2) is 0 Å². The SMILES string of the molecule is [C-]#[N+]c1ccc(-c2cc(C(=O)N3CCC[C@@H](NC(=O)OC(C)(C)C)C3)sc2-c2ccc3c(c2)nnn3[C@H]2COCC[C@@H]2O)cc1F. The Hall–Kier alpha value is -4.38. The minimum atomic E-state index is -0.642. The van der Waals surface area contributed by atoms with E-state index in [4.69, 9.17) is 16.0 Å². The number of ether oxygens (including phenoxy) is 2. The van der Waals surface area contributed by atoms with E-state index in [-0.39, 0.29) is 23.7 Å². The number of hydrogen-bond donors (Lipinski definition) is 2. The van der Waals surface area contributed by atoms with Crippen molar-refractivity contribution in [2.24, 2.45) is 0 Å². The lowest BCUT2D eigenvalue weighted by molar-refractivity contribution is -0.0321. The third kappa shape index (κ3) is 6.60. The zero-order chi connectivity index (χ0) is 32.6. The first-order valence-electron chi connectivity index (χ1n) is 15.2. The molecule has 2 saturated heterocycles. The predicted molar refractivity (Wildman–Crippen MR) is 171 cm³/mol. The molecule has 2 fully saturated rings. The number of carbonyl (C=O) groups is 2. The third-order valence-electron chi connectivity index (χ3n) is 8.09. The summed E-state index contributed by atoms with van der Waals surface area (Å²) in [7, 11) is 0. The highest BCUT2D eigenvalue weighted by Gasteiger charge is 2.30. The van der Waals surface area contributed by atoms with Crippen molar-refractivity contribution < 1.29 is 28.6 Å². The fourth-order valence-electron chi connectivity index (χ4n) is 5.87. The number of carbonyl (C=O) groups excluding carboxylic acids is 2. The van der Waals surface area contributed by atoms with Crippen LogP contribution >= 0.6 is 11.3 Å². The Balaban J connectivity index is 1.33. The van der Waals surface area contributed by atoms with Crippen molar-refractivity contribution >= 4 is 40.1 Å². The van der Waals surface area contributed by atoms with Gasteiger partial charge in [-0.25, -0.2) is 18.7 Å². The van der Waals surface area contributed by atoms with Gasteiger partial charge in [-0.1, -0.05) is 23.4 Å². The van der Waals surface area contributed by atoms with E-state index in [1.807, 2.05) is 18.2 Å². The van der Waals surface area contributed by atoms with Gasteiger partial charge in [0.05, 0.1) is 29.7 Å². The number of piperidine rings is 1. The van der Waals surface area contributed by atoms with Gasteiger partial charge in [-0.2, -0.15) is 0 Å². The van der Waals surface area contributed by atoms with Gasteiger partial charge in [-0.05, 0) is 75.4 Å². The number of nitrogens with one attached hydrogen (secondary N) is 1. The second-order valence-corrected chi connectivity index (χ2v) is 13.7. The first-order valence-corrected chi connectivity index (χ1v) is 16.0. The van der Waals surface area contributed by atoms with Crippen LogP contribution in [-0.2, 0) is 9.47 Å². The smallest absolute Gasteiger partial charge is 0.407 e. The molecule has 0 unspecified atom stereocenters. The molecule has 2 aliphatic heterocycles. The zero-order valence-corrected chi connectivity index (χ0v) is 26.6. The second-order valence-electron chi connectivity index (χ2n) is 12.6. The van der Waals surface area contributed by atoms with Gasteiger partial charge < -0.3 is 24.8 Å². The normalized spacial score (nSPS) is 20.3. The molecule has 3 atom stereocenters. The molecule has 2 aromatic carbocycles. The van der Waals surface area contributed by atoms with Crippen LogP contribution in [0, 0.1) is 12.4 Å². The predicted octanol–water partition coefficient (Wildman–Crippen LogP) is 5.97. The van der Waals surface area contributed by atoms with Crippen LogP contribution < -0.4 is 5.32 Å². The first kappa shape index (κ1) is 31.6. The molecular formula is C33H35FN6O5S. The Morgan fingerprint density at radius 3 is 2.72 bits per heavy atom. The number of likely N-dealkylation sites (tertiary alicyclic amines) is 1.